The van der Waals surface area contributed by atoms with Crippen LogP contribution < -0.4 is 0 Å². The molecule has 0 heterocycles. The standard InChI is InChI=1S/C9H12O3S.Mg/c1-9(2,13(10,11)12)8-6-4-3-5-7-8;/h3-7H,1-2H3,(H,10,11,12);/q;+2/p-1. The molecule has 0 spiro atoms. The van der Waals surface area contributed by atoms with E-state index >= 15 is 0 Å². The normalized spacial score (nSPS) is 11.9. The minimum absolute atomic E-state index is 0. The van der Waals surface area contributed by atoms with E-state index in [1.807, 2.05) is 0 Å². The predicted molar refractivity (Wildman–Crippen MR) is 54.9 cm³/mol. The van der Waals surface area contributed by atoms with Crippen molar-refractivity contribution in [3.05, 3.63) is 35.9 Å². The number of benzene rings is 1. The maximum Gasteiger partial charge on any atom is 2.00 e. The smallest absolute Gasteiger partial charge is 0.747 e. The summed E-state index contributed by atoms with van der Waals surface area (Å²) < 4.78 is 31.3. The first-order chi connectivity index (χ1) is 5.86. The van der Waals surface area contributed by atoms with Crippen molar-refractivity contribution in [1.82, 2.24) is 0 Å². The van der Waals surface area contributed by atoms with Gasteiger partial charge < -0.3 is 4.55 Å². The van der Waals surface area contributed by atoms with Crippen molar-refractivity contribution in [3.63, 3.8) is 0 Å². The van der Waals surface area contributed by atoms with Crippen LogP contribution >= 0.6 is 0 Å². The largest absolute Gasteiger partial charge is 2.00 e. The fourth-order valence-corrected chi connectivity index (χ4v) is 1.41. The summed E-state index contributed by atoms with van der Waals surface area (Å²) in [5, 5.41) is 0. The average Bonchev–Trinajstić information content (AvgIpc) is 2.04. The Labute approximate surface area is 100 Å². The van der Waals surface area contributed by atoms with Crippen molar-refractivity contribution in [3.8, 4) is 0 Å². The number of hydrogen-bond acceptors (Lipinski definition) is 3. The molecule has 0 aliphatic heterocycles. The second-order valence-electron chi connectivity index (χ2n) is 3.33. The van der Waals surface area contributed by atoms with Gasteiger partial charge >= 0.3 is 23.1 Å². The minimum atomic E-state index is -4.31. The molecule has 0 saturated carbocycles. The topological polar surface area (TPSA) is 57.2 Å². The van der Waals surface area contributed by atoms with E-state index in [0.717, 1.165) is 0 Å². The van der Waals surface area contributed by atoms with Crippen LogP contribution in [0.2, 0.25) is 0 Å². The first-order valence-corrected chi connectivity index (χ1v) is 5.27. The van der Waals surface area contributed by atoms with Gasteiger partial charge in [0.15, 0.2) is 0 Å². The van der Waals surface area contributed by atoms with Crippen LogP contribution in [0, 0.1) is 0 Å². The molecule has 14 heavy (non-hydrogen) atoms. The van der Waals surface area contributed by atoms with E-state index in [9.17, 15) is 13.0 Å². The van der Waals surface area contributed by atoms with Gasteiger partial charge in [-0.1, -0.05) is 30.3 Å². The molecule has 1 aromatic carbocycles. The van der Waals surface area contributed by atoms with Gasteiger partial charge in [-0.25, -0.2) is 8.42 Å². The summed E-state index contributed by atoms with van der Waals surface area (Å²) in [5.74, 6) is 0. The van der Waals surface area contributed by atoms with Crippen molar-refractivity contribution in [2.24, 2.45) is 0 Å². The van der Waals surface area contributed by atoms with Gasteiger partial charge in [0.1, 0.15) is 10.1 Å². The van der Waals surface area contributed by atoms with Crippen molar-refractivity contribution >= 4 is 33.2 Å². The summed E-state index contributed by atoms with van der Waals surface area (Å²) in [6, 6.07) is 8.46. The molecule has 0 saturated heterocycles. The zero-order chi connectivity index (χ0) is 10.1. The minimum Gasteiger partial charge on any atom is -0.747 e. The molecule has 0 aliphatic rings. The monoisotopic (exact) mass is 223 g/mol. The summed E-state index contributed by atoms with van der Waals surface area (Å²) in [6.45, 7) is 2.81. The second-order valence-corrected chi connectivity index (χ2v) is 5.26. The third-order valence-corrected chi connectivity index (χ3v) is 3.58. The fourth-order valence-electron chi connectivity index (χ4n) is 0.984. The van der Waals surface area contributed by atoms with Crippen LogP contribution in [0.15, 0.2) is 30.3 Å². The summed E-state index contributed by atoms with van der Waals surface area (Å²) in [5.41, 5.74) is 0.519. The summed E-state index contributed by atoms with van der Waals surface area (Å²) in [6.07, 6.45) is 0. The second kappa shape index (κ2) is 4.61. The molecule has 0 fully saturated rings. The molecule has 0 atom stereocenters. The van der Waals surface area contributed by atoms with Gasteiger partial charge in [-0.3, -0.25) is 0 Å². The number of rotatable bonds is 2. The van der Waals surface area contributed by atoms with E-state index in [2.05, 4.69) is 0 Å². The Bertz CT molecular complexity index is 384. The SMILES string of the molecule is CC(C)(c1ccccc1)S(=O)(=O)[O-].[Mg+2]. The van der Waals surface area contributed by atoms with Gasteiger partial charge in [-0.2, -0.15) is 0 Å². The summed E-state index contributed by atoms with van der Waals surface area (Å²) in [7, 11) is -4.31. The van der Waals surface area contributed by atoms with Crippen LogP contribution in [0.3, 0.4) is 0 Å². The molecule has 1 aromatic rings. The van der Waals surface area contributed by atoms with E-state index in [0.29, 0.717) is 5.56 Å². The zero-order valence-electron chi connectivity index (χ0n) is 8.23. The van der Waals surface area contributed by atoms with Crippen molar-refractivity contribution in [2.45, 2.75) is 18.6 Å². The quantitative estimate of drug-likeness (QED) is 0.557. The first kappa shape index (κ1) is 13.9. The first-order valence-electron chi connectivity index (χ1n) is 3.86. The predicted octanol–water partition coefficient (Wildman–Crippen LogP) is 1.09. The van der Waals surface area contributed by atoms with E-state index < -0.39 is 14.9 Å². The molecule has 0 bridgehead atoms. The van der Waals surface area contributed by atoms with Crippen molar-refractivity contribution in [2.75, 3.05) is 0 Å². The molecule has 0 amide bonds. The number of hydrogen-bond donors (Lipinski definition) is 0. The maximum absolute atomic E-state index is 10.9. The average molecular weight is 224 g/mol. The van der Waals surface area contributed by atoms with Gasteiger partial charge in [-0.15, -0.1) is 0 Å². The van der Waals surface area contributed by atoms with E-state index in [1.54, 1.807) is 30.3 Å². The van der Waals surface area contributed by atoms with Crippen LogP contribution in [-0.4, -0.2) is 36.0 Å². The summed E-state index contributed by atoms with van der Waals surface area (Å²) in [4.78, 5) is 0. The van der Waals surface area contributed by atoms with Crippen LogP contribution in [0.25, 0.3) is 0 Å². The third kappa shape index (κ3) is 2.69. The van der Waals surface area contributed by atoms with E-state index in [4.69, 9.17) is 0 Å². The van der Waals surface area contributed by atoms with E-state index in [1.165, 1.54) is 13.8 Å². The van der Waals surface area contributed by atoms with E-state index in [-0.39, 0.29) is 23.1 Å². The molecular weight excluding hydrogens is 212 g/mol. The Morgan fingerprint density at radius 2 is 1.57 bits per heavy atom. The van der Waals surface area contributed by atoms with Crippen molar-refractivity contribution in [1.29, 1.82) is 0 Å². The zero-order valence-corrected chi connectivity index (χ0v) is 10.5. The van der Waals surface area contributed by atoms with Crippen molar-refractivity contribution < 1.29 is 13.0 Å². The van der Waals surface area contributed by atoms with Crippen LogP contribution in [0.1, 0.15) is 19.4 Å². The molecule has 0 aliphatic carbocycles. The molecule has 5 heteroatoms. The van der Waals surface area contributed by atoms with Crippen LogP contribution in [-0.2, 0) is 14.9 Å². The molecule has 0 aromatic heterocycles. The summed E-state index contributed by atoms with van der Waals surface area (Å²) >= 11 is 0. The van der Waals surface area contributed by atoms with Gasteiger partial charge in [-0.05, 0) is 19.4 Å². The Hall–Kier alpha value is -0.104. The Balaban J connectivity index is 0.00000169. The Kier molecular flexibility index (Phi) is 4.58. The molecule has 0 unspecified atom stereocenters. The molecule has 0 radical (unpaired) electrons. The Morgan fingerprint density at radius 3 is 1.93 bits per heavy atom. The molecule has 3 nitrogen and oxygen atoms in total. The Morgan fingerprint density at radius 1 is 1.14 bits per heavy atom. The van der Waals surface area contributed by atoms with Crippen LogP contribution in [0.4, 0.5) is 0 Å². The molecule has 0 N–H and O–H groups in total. The molecule has 72 valence electrons. The fraction of sp³-hybridized carbons (Fsp3) is 0.333. The van der Waals surface area contributed by atoms with Gasteiger partial charge in [0.05, 0.1) is 4.75 Å². The third-order valence-electron chi connectivity index (χ3n) is 2.09. The molecular formula is C9H11MgO3S+. The van der Waals surface area contributed by atoms with Crippen LogP contribution in [0.5, 0.6) is 0 Å². The molecule has 1 rings (SSSR count). The van der Waals surface area contributed by atoms with Gasteiger partial charge in [0.25, 0.3) is 0 Å². The maximum atomic E-state index is 10.9. The van der Waals surface area contributed by atoms with Gasteiger partial charge in [0, 0.05) is 0 Å². The van der Waals surface area contributed by atoms with Gasteiger partial charge in [0.2, 0.25) is 0 Å².